The normalized spacial score (nSPS) is 18.8. The van der Waals surface area contributed by atoms with Crippen LogP contribution in [0.25, 0.3) is 0 Å². The van der Waals surface area contributed by atoms with E-state index in [4.69, 9.17) is 4.74 Å². The van der Waals surface area contributed by atoms with Crippen LogP contribution in [0.15, 0.2) is 42.5 Å². The molecule has 7 heteroatoms. The first kappa shape index (κ1) is 21.3. The molecule has 2 aromatic carbocycles. The Balaban J connectivity index is 1.32. The van der Waals surface area contributed by atoms with E-state index >= 15 is 0 Å². The standard InChI is InChI=1S/C24H26F2N2O3/c25-20-6-3-7-21(26)22(20)24(30)28-14-4-5-17(15-28)16-31-19-10-8-18(9-11-19)23(29)27-12-1-2-13-27/h3,6-11,17H,1-2,4-5,12-16H2. The van der Waals surface area contributed by atoms with Crippen LogP contribution in [0.4, 0.5) is 8.78 Å². The molecule has 0 N–H and O–H groups in total. The van der Waals surface area contributed by atoms with Gasteiger partial charge >= 0.3 is 0 Å². The van der Waals surface area contributed by atoms with Crippen molar-refractivity contribution in [1.82, 2.24) is 9.80 Å². The Morgan fingerprint density at radius 2 is 1.52 bits per heavy atom. The fourth-order valence-electron chi connectivity index (χ4n) is 4.26. The zero-order chi connectivity index (χ0) is 21.8. The van der Waals surface area contributed by atoms with E-state index in [-0.39, 0.29) is 11.8 Å². The van der Waals surface area contributed by atoms with E-state index in [0.29, 0.717) is 31.0 Å². The van der Waals surface area contributed by atoms with Crippen molar-refractivity contribution in [2.24, 2.45) is 5.92 Å². The second-order valence-electron chi connectivity index (χ2n) is 8.19. The van der Waals surface area contributed by atoms with E-state index in [1.165, 1.54) is 11.0 Å². The number of piperidine rings is 1. The quantitative estimate of drug-likeness (QED) is 0.720. The van der Waals surface area contributed by atoms with Gasteiger partial charge in [-0.1, -0.05) is 6.07 Å². The molecule has 31 heavy (non-hydrogen) atoms. The minimum atomic E-state index is -0.841. The second-order valence-corrected chi connectivity index (χ2v) is 8.19. The second kappa shape index (κ2) is 9.45. The molecule has 2 aromatic rings. The van der Waals surface area contributed by atoms with Crippen LogP contribution in [0.1, 0.15) is 46.4 Å². The molecule has 2 fully saturated rings. The van der Waals surface area contributed by atoms with Gasteiger partial charge in [-0.15, -0.1) is 0 Å². The van der Waals surface area contributed by atoms with E-state index in [0.717, 1.165) is 50.9 Å². The molecule has 0 spiro atoms. The fourth-order valence-corrected chi connectivity index (χ4v) is 4.26. The maximum absolute atomic E-state index is 14.0. The highest BCUT2D eigenvalue weighted by atomic mass is 19.1. The number of hydrogen-bond donors (Lipinski definition) is 0. The molecule has 2 heterocycles. The predicted molar refractivity (Wildman–Crippen MR) is 112 cm³/mol. The topological polar surface area (TPSA) is 49.9 Å². The Morgan fingerprint density at radius 1 is 0.871 bits per heavy atom. The van der Waals surface area contributed by atoms with E-state index < -0.39 is 23.1 Å². The van der Waals surface area contributed by atoms with Gasteiger partial charge in [0, 0.05) is 37.7 Å². The number of hydrogen-bond acceptors (Lipinski definition) is 3. The Hall–Kier alpha value is -2.96. The molecule has 1 unspecified atom stereocenters. The van der Waals surface area contributed by atoms with Crippen molar-refractivity contribution in [3.63, 3.8) is 0 Å². The maximum atomic E-state index is 14.0. The van der Waals surface area contributed by atoms with Crippen molar-refractivity contribution in [1.29, 1.82) is 0 Å². The lowest BCUT2D eigenvalue weighted by molar-refractivity contribution is 0.0623. The first-order chi connectivity index (χ1) is 15.0. The van der Waals surface area contributed by atoms with Gasteiger partial charge in [0.1, 0.15) is 22.9 Å². The molecule has 4 rings (SSSR count). The van der Waals surface area contributed by atoms with Crippen molar-refractivity contribution >= 4 is 11.8 Å². The van der Waals surface area contributed by atoms with Gasteiger partial charge in [0.15, 0.2) is 0 Å². The number of likely N-dealkylation sites (tertiary alicyclic amines) is 2. The SMILES string of the molecule is O=C(c1ccc(OCC2CCCN(C(=O)c3c(F)cccc3F)C2)cc1)N1CCCC1. The molecule has 0 aliphatic carbocycles. The fraction of sp³-hybridized carbons (Fsp3) is 0.417. The monoisotopic (exact) mass is 428 g/mol. The maximum Gasteiger partial charge on any atom is 0.259 e. The van der Waals surface area contributed by atoms with Crippen molar-refractivity contribution < 1.29 is 23.1 Å². The smallest absolute Gasteiger partial charge is 0.259 e. The number of carbonyl (C=O) groups is 2. The molecule has 2 aliphatic rings. The van der Waals surface area contributed by atoms with Crippen LogP contribution in [-0.2, 0) is 0 Å². The summed E-state index contributed by atoms with van der Waals surface area (Å²) in [5.74, 6) is -1.53. The molecular weight excluding hydrogens is 402 g/mol. The number of nitrogens with zero attached hydrogens (tertiary/aromatic N) is 2. The third-order valence-corrected chi connectivity index (χ3v) is 5.96. The van der Waals surface area contributed by atoms with Gasteiger partial charge in [0.25, 0.3) is 11.8 Å². The summed E-state index contributed by atoms with van der Waals surface area (Å²) in [4.78, 5) is 28.4. The van der Waals surface area contributed by atoms with Gasteiger partial charge in [0.05, 0.1) is 6.61 Å². The number of carbonyl (C=O) groups excluding carboxylic acids is 2. The van der Waals surface area contributed by atoms with Crippen LogP contribution in [0.2, 0.25) is 0 Å². The van der Waals surface area contributed by atoms with Gasteiger partial charge in [-0.05, 0) is 62.1 Å². The third kappa shape index (κ3) is 4.86. The molecule has 164 valence electrons. The Morgan fingerprint density at radius 3 is 2.19 bits per heavy atom. The first-order valence-corrected chi connectivity index (χ1v) is 10.8. The summed E-state index contributed by atoms with van der Waals surface area (Å²) in [6.45, 7) is 2.87. The number of benzene rings is 2. The highest BCUT2D eigenvalue weighted by Crippen LogP contribution is 2.23. The van der Waals surface area contributed by atoms with Crippen molar-refractivity contribution in [3.8, 4) is 5.75 Å². The zero-order valence-electron chi connectivity index (χ0n) is 17.4. The average molecular weight is 428 g/mol. The minimum absolute atomic E-state index is 0.0471. The van der Waals surface area contributed by atoms with Crippen LogP contribution in [0.3, 0.4) is 0 Å². The van der Waals surface area contributed by atoms with Gasteiger partial charge < -0.3 is 14.5 Å². The van der Waals surface area contributed by atoms with Crippen molar-refractivity contribution in [2.45, 2.75) is 25.7 Å². The molecule has 0 radical (unpaired) electrons. The van der Waals surface area contributed by atoms with Crippen LogP contribution < -0.4 is 4.74 Å². The lowest BCUT2D eigenvalue weighted by Gasteiger charge is -2.32. The summed E-state index contributed by atoms with van der Waals surface area (Å²) in [5, 5.41) is 0. The minimum Gasteiger partial charge on any atom is -0.493 e. The molecular formula is C24H26F2N2O3. The summed E-state index contributed by atoms with van der Waals surface area (Å²) >= 11 is 0. The Kier molecular flexibility index (Phi) is 6.49. The van der Waals surface area contributed by atoms with Crippen LogP contribution in [-0.4, -0.2) is 54.4 Å². The van der Waals surface area contributed by atoms with E-state index in [2.05, 4.69) is 0 Å². The van der Waals surface area contributed by atoms with Gasteiger partial charge in [-0.3, -0.25) is 9.59 Å². The molecule has 2 saturated heterocycles. The molecule has 0 bridgehead atoms. The highest BCUT2D eigenvalue weighted by Gasteiger charge is 2.28. The number of ether oxygens (including phenoxy) is 1. The summed E-state index contributed by atoms with van der Waals surface area (Å²) in [6.07, 6.45) is 3.73. The largest absolute Gasteiger partial charge is 0.493 e. The summed E-state index contributed by atoms with van der Waals surface area (Å²) < 4.78 is 33.8. The molecule has 2 aliphatic heterocycles. The summed E-state index contributed by atoms with van der Waals surface area (Å²) in [5.41, 5.74) is 0.151. The first-order valence-electron chi connectivity index (χ1n) is 10.8. The summed E-state index contributed by atoms with van der Waals surface area (Å²) in [6, 6.07) is 10.5. The van der Waals surface area contributed by atoms with Gasteiger partial charge in [-0.2, -0.15) is 0 Å². The van der Waals surface area contributed by atoms with Crippen LogP contribution >= 0.6 is 0 Å². The van der Waals surface area contributed by atoms with E-state index in [9.17, 15) is 18.4 Å². The Labute approximate surface area is 180 Å². The van der Waals surface area contributed by atoms with Gasteiger partial charge in [-0.25, -0.2) is 8.78 Å². The molecule has 0 aromatic heterocycles. The van der Waals surface area contributed by atoms with Crippen molar-refractivity contribution in [2.75, 3.05) is 32.8 Å². The molecule has 5 nitrogen and oxygen atoms in total. The Bertz CT molecular complexity index is 922. The number of halogens is 2. The average Bonchev–Trinajstić information content (AvgIpc) is 3.32. The van der Waals surface area contributed by atoms with Gasteiger partial charge in [0.2, 0.25) is 0 Å². The zero-order valence-corrected chi connectivity index (χ0v) is 17.4. The lowest BCUT2D eigenvalue weighted by atomic mass is 9.98. The highest BCUT2D eigenvalue weighted by molar-refractivity contribution is 5.95. The van der Waals surface area contributed by atoms with E-state index in [1.54, 1.807) is 24.3 Å². The molecule has 1 atom stereocenters. The van der Waals surface area contributed by atoms with Crippen molar-refractivity contribution in [3.05, 3.63) is 65.2 Å². The van der Waals surface area contributed by atoms with Crippen LogP contribution in [0, 0.1) is 17.6 Å². The van der Waals surface area contributed by atoms with E-state index in [1.807, 2.05) is 4.90 Å². The molecule has 0 saturated carbocycles. The van der Waals surface area contributed by atoms with Crippen LogP contribution in [0.5, 0.6) is 5.75 Å². The number of rotatable bonds is 5. The third-order valence-electron chi connectivity index (χ3n) is 5.96. The predicted octanol–water partition coefficient (Wildman–Crippen LogP) is 4.13. The molecule has 2 amide bonds. The lowest BCUT2D eigenvalue weighted by Crippen LogP contribution is -2.42. The summed E-state index contributed by atoms with van der Waals surface area (Å²) in [7, 11) is 0. The number of amides is 2.